The van der Waals surface area contributed by atoms with Gasteiger partial charge in [-0.3, -0.25) is 19.6 Å². The molecule has 8 nitrogen and oxygen atoms in total. The van der Waals surface area contributed by atoms with Crippen molar-refractivity contribution >= 4 is 22.7 Å². The zero-order chi connectivity index (χ0) is 22.8. The summed E-state index contributed by atoms with van der Waals surface area (Å²) in [6.45, 7) is 2.24. The van der Waals surface area contributed by atoms with Crippen LogP contribution in [0.15, 0.2) is 65.6 Å². The highest BCUT2D eigenvalue weighted by atomic mass is 16.5. The number of amides is 2. The first-order valence-electron chi connectivity index (χ1n) is 9.99. The second kappa shape index (κ2) is 8.52. The molecule has 0 bridgehead atoms. The molecule has 0 saturated heterocycles. The minimum atomic E-state index is -0.607. The number of benzene rings is 2. The van der Waals surface area contributed by atoms with Crippen molar-refractivity contribution in [1.29, 1.82) is 0 Å². The van der Waals surface area contributed by atoms with E-state index in [1.54, 1.807) is 49.1 Å². The second-order valence-corrected chi connectivity index (χ2v) is 7.57. The Balaban J connectivity index is 1.62. The third-order valence-electron chi connectivity index (χ3n) is 5.42. The van der Waals surface area contributed by atoms with Crippen molar-refractivity contribution in [3.63, 3.8) is 0 Å². The molecular weight excluding hydrogens is 408 g/mol. The lowest BCUT2D eigenvalue weighted by Gasteiger charge is -2.09. The number of H-pyrrole nitrogens is 1. The van der Waals surface area contributed by atoms with E-state index in [-0.39, 0.29) is 23.7 Å². The van der Waals surface area contributed by atoms with Gasteiger partial charge < -0.3 is 14.9 Å². The van der Waals surface area contributed by atoms with E-state index in [9.17, 15) is 14.4 Å². The predicted molar refractivity (Wildman–Crippen MR) is 121 cm³/mol. The second-order valence-electron chi connectivity index (χ2n) is 7.57. The summed E-state index contributed by atoms with van der Waals surface area (Å²) < 4.78 is 1.51. The minimum absolute atomic E-state index is 0.214. The third-order valence-corrected chi connectivity index (χ3v) is 5.42. The number of aryl methyl sites for hydroxylation is 2. The summed E-state index contributed by atoms with van der Waals surface area (Å²) in [5, 5.41) is 12.2. The lowest BCUT2D eigenvalue weighted by molar-refractivity contribution is 0.0706. The number of pyridine rings is 1. The third kappa shape index (κ3) is 3.91. The minimum Gasteiger partial charge on any atom is -0.347 e. The number of nitrogens with one attached hydrogen (secondary N) is 3. The van der Waals surface area contributed by atoms with Gasteiger partial charge in [-0.2, -0.15) is 0 Å². The number of aromatic amines is 1. The summed E-state index contributed by atoms with van der Waals surface area (Å²) in [4.78, 5) is 39.8. The molecule has 0 unspecified atom stereocenters. The fourth-order valence-corrected chi connectivity index (χ4v) is 3.66. The molecule has 0 spiro atoms. The van der Waals surface area contributed by atoms with Gasteiger partial charge in [0.05, 0.1) is 0 Å². The van der Waals surface area contributed by atoms with Crippen LogP contribution >= 0.6 is 0 Å². The van der Waals surface area contributed by atoms with E-state index in [1.165, 1.54) is 4.57 Å². The molecule has 32 heavy (non-hydrogen) atoms. The summed E-state index contributed by atoms with van der Waals surface area (Å²) >= 11 is 0. The first-order valence-corrected chi connectivity index (χ1v) is 9.99. The van der Waals surface area contributed by atoms with Crippen LogP contribution in [-0.2, 0) is 13.6 Å². The van der Waals surface area contributed by atoms with Crippen LogP contribution < -0.4 is 16.4 Å². The quantitative estimate of drug-likeness (QED) is 0.288. The zero-order valence-corrected chi connectivity index (χ0v) is 17.6. The standard InChI is InChI=1S/C24H22N4O4/c1-14-5-3-4-6-17(14)19-13-28(2)24(31)21-18(19)11-20(26-21)23(30)25-12-15-7-9-16(10-8-15)22(29)27-32/h3-11,13,26,32H,12H2,1-2H3,(H,25,30)(H,27,29). The molecule has 162 valence electrons. The maximum Gasteiger partial charge on any atom is 0.274 e. The lowest BCUT2D eigenvalue weighted by atomic mass is 9.99. The number of hydroxylamine groups is 1. The van der Waals surface area contributed by atoms with Gasteiger partial charge in [-0.25, -0.2) is 5.48 Å². The van der Waals surface area contributed by atoms with Crippen molar-refractivity contribution in [2.24, 2.45) is 7.05 Å². The molecule has 0 saturated carbocycles. The van der Waals surface area contributed by atoms with Crippen LogP contribution in [0, 0.1) is 6.92 Å². The number of carbonyl (C=O) groups is 2. The van der Waals surface area contributed by atoms with Crippen molar-refractivity contribution in [1.82, 2.24) is 20.3 Å². The fourth-order valence-electron chi connectivity index (χ4n) is 3.66. The van der Waals surface area contributed by atoms with E-state index in [1.807, 2.05) is 31.2 Å². The molecule has 2 aromatic heterocycles. The molecule has 0 radical (unpaired) electrons. The molecule has 2 amide bonds. The van der Waals surface area contributed by atoms with Crippen LogP contribution in [0.5, 0.6) is 0 Å². The maximum absolute atomic E-state index is 12.8. The van der Waals surface area contributed by atoms with Gasteiger partial charge in [0.1, 0.15) is 11.2 Å². The van der Waals surface area contributed by atoms with Crippen molar-refractivity contribution < 1.29 is 14.8 Å². The Morgan fingerprint density at radius 1 is 1.03 bits per heavy atom. The number of fused-ring (bicyclic) bond motifs is 1. The van der Waals surface area contributed by atoms with E-state index >= 15 is 0 Å². The summed E-state index contributed by atoms with van der Waals surface area (Å²) in [5.74, 6) is -0.958. The van der Waals surface area contributed by atoms with E-state index in [2.05, 4.69) is 10.3 Å². The van der Waals surface area contributed by atoms with Crippen LogP contribution in [0.2, 0.25) is 0 Å². The van der Waals surface area contributed by atoms with Crippen molar-refractivity contribution in [3.8, 4) is 11.1 Å². The molecule has 0 fully saturated rings. The van der Waals surface area contributed by atoms with Crippen molar-refractivity contribution in [2.45, 2.75) is 13.5 Å². The Kier molecular flexibility index (Phi) is 5.61. The molecule has 8 heteroatoms. The van der Waals surface area contributed by atoms with Crippen LogP contribution in [0.1, 0.15) is 32.0 Å². The largest absolute Gasteiger partial charge is 0.347 e. The fraction of sp³-hybridized carbons (Fsp3) is 0.125. The summed E-state index contributed by atoms with van der Waals surface area (Å²) in [7, 11) is 1.69. The van der Waals surface area contributed by atoms with Crippen molar-refractivity contribution in [2.75, 3.05) is 0 Å². The summed E-state index contributed by atoms with van der Waals surface area (Å²) in [6.07, 6.45) is 1.78. The molecule has 4 N–H and O–H groups in total. The van der Waals surface area contributed by atoms with Crippen LogP contribution in [0.25, 0.3) is 22.0 Å². The van der Waals surface area contributed by atoms with Gasteiger partial charge >= 0.3 is 0 Å². The average Bonchev–Trinajstić information content (AvgIpc) is 3.26. The molecule has 4 rings (SSSR count). The molecule has 2 aromatic carbocycles. The zero-order valence-electron chi connectivity index (χ0n) is 17.6. The average molecular weight is 430 g/mol. The highest BCUT2D eigenvalue weighted by Gasteiger charge is 2.17. The number of rotatable bonds is 5. The highest BCUT2D eigenvalue weighted by molar-refractivity contribution is 6.02. The molecular formula is C24H22N4O4. The first kappa shape index (κ1) is 21.1. The highest BCUT2D eigenvalue weighted by Crippen LogP contribution is 2.29. The molecule has 0 atom stereocenters. The van der Waals surface area contributed by atoms with Gasteiger partial charge in [-0.05, 0) is 41.8 Å². The molecule has 2 heterocycles. The monoisotopic (exact) mass is 430 g/mol. The Morgan fingerprint density at radius 3 is 2.44 bits per heavy atom. The van der Waals surface area contributed by atoms with Gasteiger partial charge in [0.2, 0.25) is 0 Å². The van der Waals surface area contributed by atoms with Crippen LogP contribution in [0.4, 0.5) is 0 Å². The Morgan fingerprint density at radius 2 is 1.75 bits per heavy atom. The first-order chi connectivity index (χ1) is 15.4. The van der Waals surface area contributed by atoms with Crippen LogP contribution in [0.3, 0.4) is 0 Å². The molecule has 0 aliphatic carbocycles. The molecule has 0 aliphatic heterocycles. The van der Waals surface area contributed by atoms with E-state index in [4.69, 9.17) is 5.21 Å². The number of carbonyl (C=O) groups excluding carboxylic acids is 2. The van der Waals surface area contributed by atoms with Crippen molar-refractivity contribution in [3.05, 3.63) is 93.5 Å². The van der Waals surface area contributed by atoms with Gasteiger partial charge in [-0.1, -0.05) is 36.4 Å². The van der Waals surface area contributed by atoms with Crippen LogP contribution in [-0.4, -0.2) is 26.6 Å². The smallest absolute Gasteiger partial charge is 0.274 e. The van der Waals surface area contributed by atoms with E-state index < -0.39 is 5.91 Å². The topological polar surface area (TPSA) is 116 Å². The van der Waals surface area contributed by atoms with Gasteiger partial charge in [-0.15, -0.1) is 0 Å². The normalized spacial score (nSPS) is 10.8. The number of hydrogen-bond acceptors (Lipinski definition) is 4. The summed E-state index contributed by atoms with van der Waals surface area (Å²) in [6, 6.07) is 16.0. The molecule has 4 aromatic rings. The van der Waals surface area contributed by atoms with E-state index in [0.717, 1.165) is 22.3 Å². The number of nitrogens with zero attached hydrogens (tertiary/aromatic N) is 1. The number of aromatic nitrogens is 2. The SMILES string of the molecule is Cc1ccccc1-c1cn(C)c(=O)c2[nH]c(C(=O)NCc3ccc(C(=O)NO)cc3)cc12. The van der Waals surface area contributed by atoms with Gasteiger partial charge in [0.15, 0.2) is 0 Å². The molecule has 0 aliphatic rings. The van der Waals surface area contributed by atoms with Gasteiger partial charge in [0, 0.05) is 36.3 Å². The Hall–Kier alpha value is -4.17. The van der Waals surface area contributed by atoms with Gasteiger partial charge in [0.25, 0.3) is 17.4 Å². The Bertz CT molecular complexity index is 1380. The predicted octanol–water partition coefficient (Wildman–Crippen LogP) is 2.89. The lowest BCUT2D eigenvalue weighted by Crippen LogP contribution is -2.23. The maximum atomic E-state index is 12.8. The Labute approximate surface area is 183 Å². The number of hydrogen-bond donors (Lipinski definition) is 4. The van der Waals surface area contributed by atoms with E-state index in [0.29, 0.717) is 16.5 Å². The summed E-state index contributed by atoms with van der Waals surface area (Å²) in [5.41, 5.74) is 6.03.